The highest BCUT2D eigenvalue weighted by atomic mass is 35.5. The number of aryl methyl sites for hydroxylation is 6. The number of halogens is 1. The second kappa shape index (κ2) is 20.6. The van der Waals surface area contributed by atoms with E-state index in [1.54, 1.807) is 10.5 Å². The van der Waals surface area contributed by atoms with Gasteiger partial charge in [0, 0.05) is 36.1 Å². The minimum atomic E-state index is -0.838. The van der Waals surface area contributed by atoms with Gasteiger partial charge in [-0.15, -0.1) is 17.4 Å². The molecule has 10 nitrogen and oxygen atoms in total. The van der Waals surface area contributed by atoms with Gasteiger partial charge in [0.05, 0.1) is 18.2 Å². The highest BCUT2D eigenvalue weighted by Crippen LogP contribution is 2.60. The molecule has 0 saturated heterocycles. The Balaban J connectivity index is 0.000000174. The molecule has 6 aromatic rings. The van der Waals surface area contributed by atoms with Crippen LogP contribution in [-0.2, 0) is 49.1 Å². The first-order valence-electron chi connectivity index (χ1n) is 23.6. The van der Waals surface area contributed by atoms with Crippen LogP contribution in [0.15, 0.2) is 144 Å². The number of hydrogen-bond acceptors (Lipinski definition) is 7. The van der Waals surface area contributed by atoms with Crippen molar-refractivity contribution in [3.05, 3.63) is 212 Å². The number of nitrogens with one attached hydrogen (secondary N) is 1. The maximum Gasteiger partial charge on any atom is 0.220 e. The fourth-order valence-corrected chi connectivity index (χ4v) is 11.5. The number of aliphatic imine (C=N–C) groups is 1. The van der Waals surface area contributed by atoms with Gasteiger partial charge in [-0.25, -0.2) is 30.1 Å². The first-order chi connectivity index (χ1) is 33.2. The Kier molecular flexibility index (Phi) is 14.5. The van der Waals surface area contributed by atoms with Crippen molar-refractivity contribution in [2.24, 2.45) is 26.7 Å². The van der Waals surface area contributed by atoms with Gasteiger partial charge in [0.1, 0.15) is 5.71 Å². The first kappa shape index (κ1) is 48.4. The molecule has 3 spiro atoms. The van der Waals surface area contributed by atoms with Crippen molar-refractivity contribution >= 4 is 35.5 Å². The molecule has 0 amide bonds. The molecule has 0 saturated carbocycles. The Morgan fingerprint density at radius 2 is 1.06 bits per heavy atom. The Bertz CT molecular complexity index is 3010. The first-order valence-corrected chi connectivity index (χ1v) is 23.6. The average Bonchev–Trinajstić information content (AvgIpc) is 3.49. The molecule has 11 rings (SSSR count). The van der Waals surface area contributed by atoms with Gasteiger partial charge in [-0.05, 0) is 157 Å². The van der Waals surface area contributed by atoms with Crippen molar-refractivity contribution < 1.29 is 10.0 Å². The molecule has 1 aliphatic heterocycles. The van der Waals surface area contributed by atoms with Gasteiger partial charge < -0.3 is 10.9 Å². The zero-order chi connectivity index (χ0) is 47.3. The van der Waals surface area contributed by atoms with E-state index in [9.17, 15) is 0 Å². The van der Waals surface area contributed by atoms with Gasteiger partial charge in [-0.1, -0.05) is 109 Å². The normalized spacial score (nSPS) is 19.4. The number of nitrogens with zero attached hydrogens (tertiary/aromatic N) is 6. The maximum atomic E-state index is 7.54. The molecule has 0 bridgehead atoms. The molecule has 4 aliphatic carbocycles. The molecule has 0 radical (unpaired) electrons. The summed E-state index contributed by atoms with van der Waals surface area (Å²) in [6.45, 7) is 22.3. The number of guanidine groups is 1. The van der Waals surface area contributed by atoms with E-state index in [4.69, 9.17) is 40.5 Å². The van der Waals surface area contributed by atoms with E-state index >= 15 is 0 Å². The van der Waals surface area contributed by atoms with Crippen LogP contribution in [-0.4, -0.2) is 36.0 Å². The minimum absolute atomic E-state index is 0. The van der Waals surface area contributed by atoms with Crippen LogP contribution in [0.3, 0.4) is 0 Å². The van der Waals surface area contributed by atoms with Crippen LogP contribution < -0.4 is 11.2 Å². The van der Waals surface area contributed by atoms with Crippen molar-refractivity contribution in [1.82, 2.24) is 10.5 Å². The topological polar surface area (TPSA) is 109 Å². The van der Waals surface area contributed by atoms with Crippen LogP contribution >= 0.6 is 12.4 Å². The molecule has 69 heavy (non-hydrogen) atoms. The number of nitrogens with two attached hydrogens (primary N) is 1. The number of fused-ring (bicyclic) bond motifs is 6. The third-order valence-corrected chi connectivity index (χ3v) is 15.2. The largest absolute Gasteiger partial charge is 0.368 e. The van der Waals surface area contributed by atoms with Crippen LogP contribution in [0.4, 0.5) is 11.4 Å². The predicted molar refractivity (Wildman–Crippen MR) is 277 cm³/mol. The van der Waals surface area contributed by atoms with E-state index in [-0.39, 0.29) is 23.2 Å². The van der Waals surface area contributed by atoms with E-state index in [1.807, 2.05) is 49.5 Å². The fraction of sp³-hybridized carbons (Fsp3) is 0.293. The number of benzene rings is 6. The van der Waals surface area contributed by atoms with Gasteiger partial charge in [0.2, 0.25) is 11.7 Å². The lowest BCUT2D eigenvalue weighted by Gasteiger charge is -2.49. The molecule has 11 heteroatoms. The SMILES string of the molecule is CNO.Cl.[C-]#[N+]/N=C1/c2cc(-c3cccc([N+]#[C-])c3)ccc2CCC12CCc1ccccc1CC2.[C-]#[N+]c1cccc(-c2ccc3c(c2)C2(N=C(N)N(C)O2)C2(CCc4ccccc4CC2)CC3)c1. The molecule has 348 valence electrons. The van der Waals surface area contributed by atoms with Crippen molar-refractivity contribution in [1.29, 1.82) is 0 Å². The van der Waals surface area contributed by atoms with Gasteiger partial charge in [0.25, 0.3) is 0 Å². The van der Waals surface area contributed by atoms with E-state index in [0.29, 0.717) is 17.3 Å². The molecule has 4 N–H and O–H groups in total. The number of hydroxylamine groups is 3. The van der Waals surface area contributed by atoms with Crippen LogP contribution in [0, 0.1) is 30.5 Å². The van der Waals surface area contributed by atoms with E-state index < -0.39 is 5.72 Å². The van der Waals surface area contributed by atoms with Crippen LogP contribution in [0.2, 0.25) is 0 Å². The molecule has 1 unspecified atom stereocenters. The standard InChI is InChI=1S/C29H28N4O.C28H23N3.CH5NO.ClH/c1-31-25-9-5-8-23(18-25)24-11-10-22-14-17-28(15-12-20-6-3-4-7-21(20)13-16-28)29(26(22)19-24)32-27(30)33(2)34-29;1-29-25-9-5-8-23(18-25)24-11-10-22-14-17-28(27(31-30-2)26(22)19-24)15-12-20-6-3-4-7-21(20)13-16-28;1-2-3;/h3-11,18-19H,12-17H2,2H3,(H2,30,32);3-11,18-19H,12-17H2;2-3H,1H3;1H/b;31-27-;;. The Morgan fingerprint density at radius 1 is 0.609 bits per heavy atom. The summed E-state index contributed by atoms with van der Waals surface area (Å²) in [7, 11) is 3.28. The Morgan fingerprint density at radius 3 is 1.54 bits per heavy atom. The third kappa shape index (κ3) is 9.28. The van der Waals surface area contributed by atoms with Crippen LogP contribution in [0.1, 0.15) is 83.0 Å². The molecule has 1 heterocycles. The summed E-state index contributed by atoms with van der Waals surface area (Å²) in [6.07, 6.45) is 12.3. The van der Waals surface area contributed by atoms with Crippen molar-refractivity contribution in [3.8, 4) is 22.3 Å². The summed E-state index contributed by atoms with van der Waals surface area (Å²) in [5.41, 5.74) is 24.1. The van der Waals surface area contributed by atoms with Crippen molar-refractivity contribution in [2.45, 2.75) is 82.8 Å². The molecular formula is C58H57ClN8O2. The average molecular weight is 934 g/mol. The Labute approximate surface area is 412 Å². The lowest BCUT2D eigenvalue weighted by Crippen LogP contribution is -2.50. The molecule has 0 fully saturated rings. The fourth-order valence-electron chi connectivity index (χ4n) is 11.5. The van der Waals surface area contributed by atoms with E-state index in [2.05, 4.69) is 111 Å². The van der Waals surface area contributed by atoms with Crippen molar-refractivity contribution in [2.75, 3.05) is 14.1 Å². The minimum Gasteiger partial charge on any atom is -0.368 e. The number of hydrogen-bond donors (Lipinski definition) is 3. The third-order valence-electron chi connectivity index (χ3n) is 15.2. The van der Waals surface area contributed by atoms with Crippen LogP contribution in [0.5, 0.6) is 0 Å². The predicted octanol–water partition coefficient (Wildman–Crippen LogP) is 12.8. The highest BCUT2D eigenvalue weighted by Gasteiger charge is 2.60. The smallest absolute Gasteiger partial charge is 0.220 e. The zero-order valence-corrected chi connectivity index (χ0v) is 40.0. The summed E-state index contributed by atoms with van der Waals surface area (Å²) in [4.78, 5) is 22.5. The molecule has 6 aromatic carbocycles. The molecule has 0 aromatic heterocycles. The molecular weight excluding hydrogens is 876 g/mol. The summed E-state index contributed by atoms with van der Waals surface area (Å²) >= 11 is 0. The monoisotopic (exact) mass is 932 g/mol. The lowest BCUT2D eigenvalue weighted by atomic mass is 9.61. The van der Waals surface area contributed by atoms with E-state index in [0.717, 1.165) is 116 Å². The van der Waals surface area contributed by atoms with Gasteiger partial charge in [0.15, 0.2) is 11.4 Å². The Hall–Kier alpha value is -7.10. The highest BCUT2D eigenvalue weighted by molar-refractivity contribution is 6.08. The lowest BCUT2D eigenvalue weighted by molar-refractivity contribution is -0.237. The number of rotatable bonds is 2. The van der Waals surface area contributed by atoms with Gasteiger partial charge in [-0.3, -0.25) is 0 Å². The second-order valence-corrected chi connectivity index (χ2v) is 18.6. The molecule has 5 aliphatic rings. The van der Waals surface area contributed by atoms with Gasteiger partial charge in [-0.2, -0.15) is 6.57 Å². The maximum absolute atomic E-state index is 7.54. The van der Waals surface area contributed by atoms with E-state index in [1.165, 1.54) is 40.4 Å². The summed E-state index contributed by atoms with van der Waals surface area (Å²) in [6, 6.07) is 46.2. The van der Waals surface area contributed by atoms with Crippen LogP contribution in [0.25, 0.3) is 36.9 Å². The zero-order valence-electron chi connectivity index (χ0n) is 39.2. The molecule has 1 atom stereocenters. The summed E-state index contributed by atoms with van der Waals surface area (Å²) < 4.78 is 0. The summed E-state index contributed by atoms with van der Waals surface area (Å²) in [5, 5.41) is 13.4. The quantitative estimate of drug-likeness (QED) is 0.118. The second-order valence-electron chi connectivity index (χ2n) is 18.6. The van der Waals surface area contributed by atoms with Gasteiger partial charge >= 0.3 is 0 Å². The van der Waals surface area contributed by atoms with Crippen molar-refractivity contribution in [3.63, 3.8) is 0 Å². The summed E-state index contributed by atoms with van der Waals surface area (Å²) in [5.74, 6) is 0.425.